The zero-order chi connectivity index (χ0) is 10.8. The number of benzene rings is 1. The number of halogens is 5. The van der Waals surface area contributed by atoms with E-state index in [-0.39, 0.29) is 12.0 Å². The second-order valence-corrected chi connectivity index (χ2v) is 2.86. The van der Waals surface area contributed by atoms with Gasteiger partial charge in [0.25, 0.3) is 0 Å². The molecule has 0 amide bonds. The molecule has 0 aliphatic heterocycles. The molecule has 0 heterocycles. The third kappa shape index (κ3) is 3.32. The molecule has 0 saturated carbocycles. The second kappa shape index (κ2) is 3.94. The predicted molar refractivity (Wildman–Crippen MR) is 40.7 cm³/mol. The number of aryl methyl sites for hydroxylation is 1. The maximum Gasteiger partial charge on any atom is 0.389 e. The van der Waals surface area contributed by atoms with Crippen LogP contribution in [0.4, 0.5) is 22.0 Å². The summed E-state index contributed by atoms with van der Waals surface area (Å²) < 4.78 is 60.2. The molecule has 0 aliphatic carbocycles. The van der Waals surface area contributed by atoms with E-state index in [1.807, 2.05) is 0 Å². The highest BCUT2D eigenvalue weighted by Gasteiger charge is 2.26. The Balaban J connectivity index is 2.65. The van der Waals surface area contributed by atoms with E-state index in [1.54, 1.807) is 0 Å². The van der Waals surface area contributed by atoms with Gasteiger partial charge in [-0.15, -0.1) is 0 Å². The molecule has 1 aromatic rings. The van der Waals surface area contributed by atoms with E-state index in [0.29, 0.717) is 0 Å². The van der Waals surface area contributed by atoms with Crippen molar-refractivity contribution in [3.05, 3.63) is 35.4 Å². The highest BCUT2D eigenvalue weighted by molar-refractivity contribution is 5.17. The van der Waals surface area contributed by atoms with Gasteiger partial charge in [-0.1, -0.05) is 6.07 Å². The zero-order valence-corrected chi connectivity index (χ0v) is 7.04. The van der Waals surface area contributed by atoms with Gasteiger partial charge in [0.2, 0.25) is 0 Å². The Labute approximate surface area is 77.4 Å². The molecule has 14 heavy (non-hydrogen) atoms. The minimum atomic E-state index is -4.27. The Morgan fingerprint density at radius 1 is 1.00 bits per heavy atom. The standard InChI is InChI=1S/C9H7F5/c10-7-2-1-6(5-8(7)11)3-4-9(12,13)14/h1-2,5H,3-4H2. The van der Waals surface area contributed by atoms with Crippen LogP contribution in [0.15, 0.2) is 18.2 Å². The summed E-state index contributed by atoms with van der Waals surface area (Å²) in [4.78, 5) is 0. The average molecular weight is 210 g/mol. The van der Waals surface area contributed by atoms with Crippen LogP contribution >= 0.6 is 0 Å². The molecular formula is C9H7F5. The van der Waals surface area contributed by atoms with Crippen molar-refractivity contribution < 1.29 is 22.0 Å². The van der Waals surface area contributed by atoms with Gasteiger partial charge >= 0.3 is 6.18 Å². The summed E-state index contributed by atoms with van der Waals surface area (Å²) in [5, 5.41) is 0. The van der Waals surface area contributed by atoms with E-state index in [4.69, 9.17) is 0 Å². The topological polar surface area (TPSA) is 0 Å². The largest absolute Gasteiger partial charge is 0.389 e. The molecule has 0 nitrogen and oxygen atoms in total. The Kier molecular flexibility index (Phi) is 3.08. The lowest BCUT2D eigenvalue weighted by atomic mass is 10.1. The molecule has 0 aromatic heterocycles. The van der Waals surface area contributed by atoms with Gasteiger partial charge in [0.15, 0.2) is 11.6 Å². The third-order valence-corrected chi connectivity index (χ3v) is 1.68. The van der Waals surface area contributed by atoms with Crippen molar-refractivity contribution in [2.45, 2.75) is 19.0 Å². The SMILES string of the molecule is Fc1ccc(CCC(F)(F)F)cc1F. The Morgan fingerprint density at radius 3 is 2.14 bits per heavy atom. The predicted octanol–water partition coefficient (Wildman–Crippen LogP) is 3.46. The molecule has 0 atom stereocenters. The van der Waals surface area contributed by atoms with Crippen molar-refractivity contribution >= 4 is 0 Å². The van der Waals surface area contributed by atoms with Gasteiger partial charge in [-0.25, -0.2) is 8.78 Å². The first-order valence-electron chi connectivity index (χ1n) is 3.89. The van der Waals surface area contributed by atoms with Gasteiger partial charge in [0.05, 0.1) is 0 Å². The normalized spacial score (nSPS) is 11.8. The van der Waals surface area contributed by atoms with Crippen LogP contribution < -0.4 is 0 Å². The van der Waals surface area contributed by atoms with Crippen LogP contribution in [0.1, 0.15) is 12.0 Å². The molecule has 78 valence electrons. The van der Waals surface area contributed by atoms with Crippen molar-refractivity contribution in [2.75, 3.05) is 0 Å². The molecule has 0 saturated heterocycles. The molecule has 0 fully saturated rings. The van der Waals surface area contributed by atoms with Crippen molar-refractivity contribution in [1.82, 2.24) is 0 Å². The molecule has 0 radical (unpaired) electrons. The fourth-order valence-corrected chi connectivity index (χ4v) is 0.981. The first kappa shape index (κ1) is 10.9. The molecule has 0 unspecified atom stereocenters. The first-order chi connectivity index (χ1) is 6.38. The average Bonchev–Trinajstić information content (AvgIpc) is 2.06. The van der Waals surface area contributed by atoms with Gasteiger partial charge in [-0.2, -0.15) is 13.2 Å². The smallest absolute Gasteiger partial charge is 0.204 e. The highest BCUT2D eigenvalue weighted by atomic mass is 19.4. The summed E-state index contributed by atoms with van der Waals surface area (Å²) in [6.07, 6.45) is -5.64. The molecule has 0 aliphatic rings. The monoisotopic (exact) mass is 210 g/mol. The van der Waals surface area contributed by atoms with E-state index in [9.17, 15) is 22.0 Å². The summed E-state index contributed by atoms with van der Waals surface area (Å²) in [7, 11) is 0. The van der Waals surface area contributed by atoms with E-state index < -0.39 is 24.2 Å². The van der Waals surface area contributed by atoms with Crippen molar-refractivity contribution in [2.24, 2.45) is 0 Å². The lowest BCUT2D eigenvalue weighted by molar-refractivity contribution is -0.134. The molecule has 0 N–H and O–H groups in total. The molecule has 1 aromatic carbocycles. The Bertz CT molecular complexity index is 315. The molecular weight excluding hydrogens is 203 g/mol. The number of alkyl halides is 3. The van der Waals surface area contributed by atoms with Gasteiger partial charge < -0.3 is 0 Å². The fourth-order valence-electron chi connectivity index (χ4n) is 0.981. The minimum Gasteiger partial charge on any atom is -0.204 e. The van der Waals surface area contributed by atoms with Gasteiger partial charge in [-0.3, -0.25) is 0 Å². The molecule has 1 rings (SSSR count). The number of hydrogen-bond acceptors (Lipinski definition) is 0. The van der Waals surface area contributed by atoms with Crippen LogP contribution in [0.25, 0.3) is 0 Å². The Hall–Kier alpha value is -1.13. The van der Waals surface area contributed by atoms with Crippen LogP contribution in [-0.2, 0) is 6.42 Å². The maximum atomic E-state index is 12.5. The number of hydrogen-bond donors (Lipinski definition) is 0. The van der Waals surface area contributed by atoms with Crippen molar-refractivity contribution in [1.29, 1.82) is 0 Å². The lowest BCUT2D eigenvalue weighted by Crippen LogP contribution is -2.08. The quantitative estimate of drug-likeness (QED) is 0.655. The first-order valence-corrected chi connectivity index (χ1v) is 3.89. The van der Waals surface area contributed by atoms with E-state index >= 15 is 0 Å². The number of rotatable bonds is 2. The van der Waals surface area contributed by atoms with Gasteiger partial charge in [-0.05, 0) is 24.1 Å². The maximum absolute atomic E-state index is 12.5. The van der Waals surface area contributed by atoms with Crippen molar-refractivity contribution in [3.8, 4) is 0 Å². The van der Waals surface area contributed by atoms with Crippen molar-refractivity contribution in [3.63, 3.8) is 0 Å². The summed E-state index contributed by atoms with van der Waals surface area (Å²) >= 11 is 0. The highest BCUT2D eigenvalue weighted by Crippen LogP contribution is 2.22. The summed E-state index contributed by atoms with van der Waals surface area (Å²) in [5.74, 6) is -2.18. The van der Waals surface area contributed by atoms with E-state index in [1.165, 1.54) is 0 Å². The molecule has 0 bridgehead atoms. The zero-order valence-electron chi connectivity index (χ0n) is 7.04. The van der Waals surface area contributed by atoms with E-state index in [2.05, 4.69) is 0 Å². The second-order valence-electron chi connectivity index (χ2n) is 2.86. The van der Waals surface area contributed by atoms with Crippen LogP contribution in [0, 0.1) is 11.6 Å². The van der Waals surface area contributed by atoms with Gasteiger partial charge in [0, 0.05) is 6.42 Å². The van der Waals surface area contributed by atoms with Crippen LogP contribution in [-0.4, -0.2) is 6.18 Å². The van der Waals surface area contributed by atoms with Crippen LogP contribution in [0.5, 0.6) is 0 Å². The minimum absolute atomic E-state index is 0.140. The molecule has 0 spiro atoms. The Morgan fingerprint density at radius 2 is 1.64 bits per heavy atom. The summed E-state index contributed by atoms with van der Waals surface area (Å²) in [5.41, 5.74) is 0.140. The van der Waals surface area contributed by atoms with Crippen LogP contribution in [0.2, 0.25) is 0 Å². The third-order valence-electron chi connectivity index (χ3n) is 1.68. The summed E-state index contributed by atoms with van der Waals surface area (Å²) in [6.45, 7) is 0. The summed E-state index contributed by atoms with van der Waals surface area (Å²) in [6, 6.07) is 2.74. The fraction of sp³-hybridized carbons (Fsp3) is 0.333. The molecule has 5 heteroatoms. The van der Waals surface area contributed by atoms with E-state index in [0.717, 1.165) is 18.2 Å². The van der Waals surface area contributed by atoms with Gasteiger partial charge in [0.1, 0.15) is 0 Å². The lowest BCUT2D eigenvalue weighted by Gasteiger charge is -2.05. The van der Waals surface area contributed by atoms with Crippen LogP contribution in [0.3, 0.4) is 0 Å².